The van der Waals surface area contributed by atoms with Gasteiger partial charge < -0.3 is 19.8 Å². The third-order valence-corrected chi connectivity index (χ3v) is 3.39. The summed E-state index contributed by atoms with van der Waals surface area (Å²) in [6, 6.07) is 16.1. The first-order valence-electron chi connectivity index (χ1n) is 8.45. The molecule has 0 atom stereocenters. The average Bonchev–Trinajstić information content (AvgIpc) is 2.64. The molecule has 0 radical (unpaired) electrons. The predicted molar refractivity (Wildman–Crippen MR) is 98.3 cm³/mol. The van der Waals surface area contributed by atoms with E-state index in [0.717, 1.165) is 0 Å². The molecule has 1 aliphatic rings. The SMILES string of the molecule is C1=CCCCCC=C1.O=C([O-])c1ccccc1.O=C([O-])c1ccccc1.[Pt+2]. The van der Waals surface area contributed by atoms with E-state index in [1.807, 2.05) is 0 Å². The monoisotopic (exact) mass is 545 g/mol. The van der Waals surface area contributed by atoms with E-state index < -0.39 is 11.9 Å². The van der Waals surface area contributed by atoms with Crippen LogP contribution >= 0.6 is 0 Å². The Balaban J connectivity index is 0.000000369. The molecule has 0 aromatic heterocycles. The zero-order valence-electron chi connectivity index (χ0n) is 14.9. The summed E-state index contributed by atoms with van der Waals surface area (Å²) in [6.45, 7) is 0. The van der Waals surface area contributed by atoms with Crippen molar-refractivity contribution in [2.45, 2.75) is 25.7 Å². The van der Waals surface area contributed by atoms with Gasteiger partial charge in [-0.2, -0.15) is 0 Å². The molecule has 0 N–H and O–H groups in total. The van der Waals surface area contributed by atoms with Crippen molar-refractivity contribution in [3.63, 3.8) is 0 Å². The molecule has 27 heavy (non-hydrogen) atoms. The molecule has 0 unspecified atom stereocenters. The van der Waals surface area contributed by atoms with Gasteiger partial charge in [0.2, 0.25) is 0 Å². The number of hydrogen-bond acceptors (Lipinski definition) is 4. The maximum Gasteiger partial charge on any atom is 2.00 e. The van der Waals surface area contributed by atoms with Gasteiger partial charge in [0.15, 0.2) is 0 Å². The number of allylic oxidation sites excluding steroid dienone is 4. The molecule has 5 heteroatoms. The van der Waals surface area contributed by atoms with Crippen molar-refractivity contribution < 1.29 is 40.9 Å². The van der Waals surface area contributed by atoms with Crippen LogP contribution in [0.25, 0.3) is 0 Å². The Hall–Kier alpha value is -2.45. The van der Waals surface area contributed by atoms with E-state index >= 15 is 0 Å². The van der Waals surface area contributed by atoms with Crippen LogP contribution < -0.4 is 10.2 Å². The van der Waals surface area contributed by atoms with Gasteiger partial charge >= 0.3 is 21.1 Å². The number of carbonyl (C=O) groups excluding carboxylic acids is 2. The van der Waals surface area contributed by atoms with Crippen LogP contribution in [0.5, 0.6) is 0 Å². The van der Waals surface area contributed by atoms with E-state index in [1.165, 1.54) is 49.9 Å². The van der Waals surface area contributed by atoms with Crippen LogP contribution in [0.3, 0.4) is 0 Å². The largest absolute Gasteiger partial charge is 2.00 e. The van der Waals surface area contributed by atoms with E-state index in [9.17, 15) is 19.8 Å². The minimum atomic E-state index is -1.13. The van der Waals surface area contributed by atoms with Crippen LogP contribution in [-0.2, 0) is 21.1 Å². The molecule has 0 saturated heterocycles. The molecule has 1 aliphatic carbocycles. The number of rotatable bonds is 2. The van der Waals surface area contributed by atoms with Crippen LogP contribution in [0.4, 0.5) is 0 Å². The molecular weight excluding hydrogens is 523 g/mol. The first-order chi connectivity index (χ1) is 12.6. The van der Waals surface area contributed by atoms with Gasteiger partial charge in [-0.05, 0) is 36.8 Å². The number of benzene rings is 2. The summed E-state index contributed by atoms with van der Waals surface area (Å²) in [5, 5.41) is 20.2. The van der Waals surface area contributed by atoms with E-state index in [4.69, 9.17) is 0 Å². The number of carboxylic acid groups (broad SMARTS) is 2. The molecule has 2 aromatic rings. The quantitative estimate of drug-likeness (QED) is 0.582. The number of hydrogen-bond donors (Lipinski definition) is 0. The molecule has 0 bridgehead atoms. The van der Waals surface area contributed by atoms with Crippen LogP contribution in [0, 0.1) is 0 Å². The van der Waals surface area contributed by atoms with Crippen molar-refractivity contribution in [1.29, 1.82) is 0 Å². The van der Waals surface area contributed by atoms with Crippen molar-refractivity contribution in [3.05, 3.63) is 96.1 Å². The summed E-state index contributed by atoms with van der Waals surface area (Å²) in [5.74, 6) is -2.26. The van der Waals surface area contributed by atoms with Crippen LogP contribution in [-0.4, -0.2) is 11.9 Å². The van der Waals surface area contributed by atoms with Crippen LogP contribution in [0.2, 0.25) is 0 Å². The molecular formula is C22H22O4Pt. The third kappa shape index (κ3) is 12.5. The molecule has 0 saturated carbocycles. The van der Waals surface area contributed by atoms with Crippen molar-refractivity contribution in [3.8, 4) is 0 Å². The zero-order chi connectivity index (χ0) is 19.0. The van der Waals surface area contributed by atoms with Gasteiger partial charge in [-0.1, -0.05) is 85.0 Å². The molecule has 0 amide bonds. The van der Waals surface area contributed by atoms with Crippen molar-refractivity contribution in [2.75, 3.05) is 0 Å². The van der Waals surface area contributed by atoms with Crippen LogP contribution in [0.1, 0.15) is 46.4 Å². The zero-order valence-corrected chi connectivity index (χ0v) is 17.1. The minimum Gasteiger partial charge on any atom is -0.545 e. The van der Waals surface area contributed by atoms with Gasteiger partial charge in [-0.25, -0.2) is 0 Å². The van der Waals surface area contributed by atoms with Crippen molar-refractivity contribution in [2.24, 2.45) is 0 Å². The second-order valence-corrected chi connectivity index (χ2v) is 5.45. The summed E-state index contributed by atoms with van der Waals surface area (Å²) in [7, 11) is 0. The summed E-state index contributed by atoms with van der Waals surface area (Å²) in [6.07, 6.45) is 14.0. The average molecular weight is 545 g/mol. The molecule has 4 nitrogen and oxygen atoms in total. The van der Waals surface area contributed by atoms with Gasteiger partial charge in [0.05, 0.1) is 11.9 Å². The van der Waals surface area contributed by atoms with E-state index in [1.54, 1.807) is 36.4 Å². The first-order valence-corrected chi connectivity index (χ1v) is 8.45. The Morgan fingerprint density at radius 3 is 1.22 bits per heavy atom. The standard InChI is InChI=1S/C8H12.2C7H6O2.Pt/c1-2-4-6-8-7-5-3-1;2*8-7(9)6-4-2-1-3-5-6;/h1-4H,5-8H2;2*1-5H,(H,8,9);/q;;;+2/p-2. The topological polar surface area (TPSA) is 80.3 Å². The van der Waals surface area contributed by atoms with E-state index in [2.05, 4.69) is 24.3 Å². The summed E-state index contributed by atoms with van der Waals surface area (Å²) >= 11 is 0. The predicted octanol–water partition coefficient (Wildman–Crippen LogP) is 2.77. The summed E-state index contributed by atoms with van der Waals surface area (Å²) in [5.41, 5.74) is 0.440. The second-order valence-electron chi connectivity index (χ2n) is 5.45. The fourth-order valence-corrected chi connectivity index (χ4v) is 2.02. The number of carboxylic acids is 2. The minimum absolute atomic E-state index is 0. The van der Waals surface area contributed by atoms with Crippen molar-refractivity contribution >= 4 is 11.9 Å². The van der Waals surface area contributed by atoms with E-state index in [0.29, 0.717) is 0 Å². The fourth-order valence-electron chi connectivity index (χ4n) is 2.02. The molecule has 0 spiro atoms. The second kappa shape index (κ2) is 15.8. The Morgan fingerprint density at radius 2 is 0.963 bits per heavy atom. The van der Waals surface area contributed by atoms with Gasteiger partial charge in [-0.3, -0.25) is 0 Å². The molecule has 3 rings (SSSR count). The smallest absolute Gasteiger partial charge is 0.545 e. The van der Waals surface area contributed by atoms with Crippen molar-refractivity contribution in [1.82, 2.24) is 0 Å². The Labute approximate surface area is 174 Å². The molecule has 2 aromatic carbocycles. The van der Waals surface area contributed by atoms with E-state index in [-0.39, 0.29) is 32.2 Å². The van der Waals surface area contributed by atoms with Gasteiger partial charge in [0.25, 0.3) is 0 Å². The fraction of sp³-hybridized carbons (Fsp3) is 0.182. The van der Waals surface area contributed by atoms with Gasteiger partial charge in [0, 0.05) is 0 Å². The van der Waals surface area contributed by atoms with Gasteiger partial charge in [-0.15, -0.1) is 0 Å². The Kier molecular flexibility index (Phi) is 14.3. The first kappa shape index (κ1) is 24.5. The molecule has 0 fully saturated rings. The maximum absolute atomic E-state index is 10.1. The maximum atomic E-state index is 10.1. The molecule has 0 aliphatic heterocycles. The number of aromatic carboxylic acids is 2. The summed E-state index contributed by atoms with van der Waals surface area (Å²) < 4.78 is 0. The number of carbonyl (C=O) groups is 2. The Bertz CT molecular complexity index is 646. The van der Waals surface area contributed by atoms with Crippen LogP contribution in [0.15, 0.2) is 85.0 Å². The molecule has 0 heterocycles. The Morgan fingerprint density at radius 1 is 0.630 bits per heavy atom. The third-order valence-electron chi connectivity index (χ3n) is 3.39. The summed E-state index contributed by atoms with van der Waals surface area (Å²) in [4.78, 5) is 20.2. The normalized spacial score (nSPS) is 11.9. The molecule has 144 valence electrons. The van der Waals surface area contributed by atoms with Gasteiger partial charge in [0.1, 0.15) is 0 Å².